The number of nitrogens with one attached hydrogen (secondary N) is 1. The van der Waals surface area contributed by atoms with E-state index < -0.39 is 36.4 Å². The van der Waals surface area contributed by atoms with Crippen LogP contribution in [0.15, 0.2) is 30.5 Å². The summed E-state index contributed by atoms with van der Waals surface area (Å²) >= 11 is 0. The van der Waals surface area contributed by atoms with Crippen LogP contribution < -0.4 is 16.5 Å². The first-order valence-corrected chi connectivity index (χ1v) is 11.9. The Balaban J connectivity index is 2.07. The van der Waals surface area contributed by atoms with Crippen molar-refractivity contribution in [3.05, 3.63) is 53.2 Å². The van der Waals surface area contributed by atoms with Gasteiger partial charge in [0.1, 0.15) is 30.0 Å². The molecule has 3 N–H and O–H groups in total. The second-order valence-electron chi connectivity index (χ2n) is 7.54. The van der Waals surface area contributed by atoms with Crippen LogP contribution in [-0.4, -0.2) is 34.2 Å². The lowest BCUT2D eigenvalue weighted by atomic mass is 9.99. The van der Waals surface area contributed by atoms with E-state index >= 15 is 0 Å². The molecule has 0 aliphatic heterocycles. The number of pyridine rings is 1. The zero-order valence-corrected chi connectivity index (χ0v) is 18.2. The molecule has 0 saturated carbocycles. The Morgan fingerprint density at radius 1 is 1.26 bits per heavy atom. The molecule has 1 aromatic carbocycles. The zero-order chi connectivity index (χ0) is 23.1. The third-order valence-corrected chi connectivity index (χ3v) is 6.08. The molecule has 0 aliphatic rings. The zero-order valence-electron chi connectivity index (χ0n) is 17.3. The molecule has 2 heterocycles. The number of benzene rings is 1. The predicted molar refractivity (Wildman–Crippen MR) is 113 cm³/mol. The Kier molecular flexibility index (Phi) is 5.80. The number of hydrogen-bond donors (Lipinski definition) is 2. The number of rotatable bonds is 6. The van der Waals surface area contributed by atoms with E-state index in [4.69, 9.17) is 5.73 Å². The number of aromatic nitrogens is 3. The molecular weight excluding hydrogens is 430 g/mol. The van der Waals surface area contributed by atoms with Crippen LogP contribution in [0.3, 0.4) is 0 Å². The summed E-state index contributed by atoms with van der Waals surface area (Å²) in [6, 6.07) is 4.14. The van der Waals surface area contributed by atoms with Crippen molar-refractivity contribution in [3.63, 3.8) is 0 Å². The standard InChI is InChI=1S/C20H21F3N5O2P/c1-10(12-6-5-7-14(17(12)21)20(22,23)19(24)29)26-18-13-8-16(31(3,4)30)25-9-15(13)27-11(2)28-18/h5-10H,1-4H3,(H2,24,29)(H,26,27,28)/t10-/m1/s1. The van der Waals surface area contributed by atoms with Crippen LogP contribution >= 0.6 is 7.14 Å². The summed E-state index contributed by atoms with van der Waals surface area (Å²) in [5.41, 5.74) is 4.38. The van der Waals surface area contributed by atoms with Gasteiger partial charge in [-0.15, -0.1) is 0 Å². The van der Waals surface area contributed by atoms with Gasteiger partial charge < -0.3 is 15.6 Å². The SMILES string of the molecule is Cc1nc(N[C@H](C)c2cccc(C(F)(F)C(N)=O)c2F)c2cc(P(C)(C)=O)ncc2n1. The minimum absolute atomic E-state index is 0.103. The van der Waals surface area contributed by atoms with Crippen molar-refractivity contribution < 1.29 is 22.5 Å². The van der Waals surface area contributed by atoms with Crippen LogP contribution in [0.1, 0.15) is 29.9 Å². The topological polar surface area (TPSA) is 111 Å². The highest BCUT2D eigenvalue weighted by molar-refractivity contribution is 7.69. The van der Waals surface area contributed by atoms with Gasteiger partial charge in [0.05, 0.1) is 23.3 Å². The fourth-order valence-electron chi connectivity index (χ4n) is 3.08. The maximum Gasteiger partial charge on any atom is 0.352 e. The largest absolute Gasteiger partial charge is 0.364 e. The van der Waals surface area contributed by atoms with Gasteiger partial charge in [-0.3, -0.25) is 9.78 Å². The average molecular weight is 451 g/mol. The summed E-state index contributed by atoms with van der Waals surface area (Å²) in [6.45, 7) is 6.36. The van der Waals surface area contributed by atoms with Crippen LogP contribution in [0, 0.1) is 12.7 Å². The number of carbonyl (C=O) groups is 1. The van der Waals surface area contributed by atoms with Gasteiger partial charge in [0.25, 0.3) is 5.91 Å². The Morgan fingerprint density at radius 2 is 1.94 bits per heavy atom. The van der Waals surface area contributed by atoms with Crippen molar-refractivity contribution >= 4 is 35.2 Å². The number of alkyl halides is 2. The summed E-state index contributed by atoms with van der Waals surface area (Å²) in [5.74, 6) is -6.62. The molecular formula is C20H21F3N5O2P. The lowest BCUT2D eigenvalue weighted by molar-refractivity contribution is -0.143. The first kappa shape index (κ1) is 22.7. The molecule has 3 aromatic rings. The van der Waals surface area contributed by atoms with E-state index in [-0.39, 0.29) is 5.56 Å². The number of fused-ring (bicyclic) bond motifs is 1. The number of carbonyl (C=O) groups excluding carboxylic acids is 1. The summed E-state index contributed by atoms with van der Waals surface area (Å²) in [4.78, 5) is 23.9. The molecule has 7 nitrogen and oxygen atoms in total. The van der Waals surface area contributed by atoms with Crippen molar-refractivity contribution in [2.45, 2.75) is 25.8 Å². The number of anilines is 1. The van der Waals surface area contributed by atoms with E-state index in [2.05, 4.69) is 20.3 Å². The van der Waals surface area contributed by atoms with Crippen molar-refractivity contribution in [2.75, 3.05) is 18.6 Å². The molecule has 164 valence electrons. The molecule has 0 unspecified atom stereocenters. The van der Waals surface area contributed by atoms with Gasteiger partial charge >= 0.3 is 5.92 Å². The number of primary amides is 1. The molecule has 0 fully saturated rings. The number of nitrogens with two attached hydrogens (primary N) is 1. The van der Waals surface area contributed by atoms with E-state index in [1.165, 1.54) is 18.3 Å². The molecule has 3 rings (SSSR count). The maximum atomic E-state index is 14.9. The molecule has 2 aromatic heterocycles. The quantitative estimate of drug-likeness (QED) is 0.556. The van der Waals surface area contributed by atoms with Crippen LogP contribution in [0.4, 0.5) is 19.0 Å². The third-order valence-electron chi connectivity index (χ3n) is 4.73. The fraction of sp³-hybridized carbons (Fsp3) is 0.300. The smallest absolute Gasteiger partial charge is 0.352 e. The highest BCUT2D eigenvalue weighted by Gasteiger charge is 2.42. The van der Waals surface area contributed by atoms with Crippen molar-refractivity contribution in [1.29, 1.82) is 0 Å². The summed E-state index contributed by atoms with van der Waals surface area (Å²) < 4.78 is 55.4. The van der Waals surface area contributed by atoms with Gasteiger partial charge in [-0.25, -0.2) is 14.4 Å². The second kappa shape index (κ2) is 7.92. The fourth-order valence-corrected chi connectivity index (χ4v) is 3.86. The third kappa shape index (κ3) is 4.39. The number of hydrogen-bond acceptors (Lipinski definition) is 6. The Bertz CT molecular complexity index is 1230. The number of halogens is 3. The van der Waals surface area contributed by atoms with E-state index in [0.717, 1.165) is 6.07 Å². The molecule has 0 bridgehead atoms. The lowest BCUT2D eigenvalue weighted by Gasteiger charge is -2.20. The van der Waals surface area contributed by atoms with Crippen molar-refractivity contribution in [1.82, 2.24) is 15.0 Å². The summed E-state index contributed by atoms with van der Waals surface area (Å²) in [6.07, 6.45) is 1.48. The highest BCUT2D eigenvalue weighted by atomic mass is 31.2. The summed E-state index contributed by atoms with van der Waals surface area (Å²) in [7, 11) is -2.67. The van der Waals surface area contributed by atoms with Gasteiger partial charge in [-0.2, -0.15) is 8.78 Å². The maximum absolute atomic E-state index is 14.9. The molecule has 0 aliphatic carbocycles. The Hall–Kier alpha value is -3.00. The van der Waals surface area contributed by atoms with E-state index in [1.807, 2.05) is 0 Å². The van der Waals surface area contributed by atoms with Crippen molar-refractivity contribution in [3.8, 4) is 0 Å². The molecule has 31 heavy (non-hydrogen) atoms. The van der Waals surface area contributed by atoms with Crippen LogP contribution in [-0.2, 0) is 15.3 Å². The molecule has 1 atom stereocenters. The van der Waals surface area contributed by atoms with Crippen LogP contribution in [0.5, 0.6) is 0 Å². The average Bonchev–Trinajstić information content (AvgIpc) is 2.66. The predicted octanol–water partition coefficient (Wildman–Crippen LogP) is 3.47. The minimum atomic E-state index is -4.15. The molecule has 0 spiro atoms. The minimum Gasteiger partial charge on any atom is -0.364 e. The van der Waals surface area contributed by atoms with Gasteiger partial charge in [-0.05, 0) is 39.3 Å². The van der Waals surface area contributed by atoms with Crippen LogP contribution in [0.2, 0.25) is 0 Å². The normalized spacial score (nSPS) is 13.3. The second-order valence-corrected chi connectivity index (χ2v) is 10.7. The highest BCUT2D eigenvalue weighted by Crippen LogP contribution is 2.36. The monoisotopic (exact) mass is 451 g/mol. The van der Waals surface area contributed by atoms with Gasteiger partial charge in [0, 0.05) is 10.9 Å². The van der Waals surface area contributed by atoms with E-state index in [1.54, 1.807) is 33.2 Å². The van der Waals surface area contributed by atoms with E-state index in [0.29, 0.717) is 28.0 Å². The summed E-state index contributed by atoms with van der Waals surface area (Å²) in [5, 5.41) is 3.50. The number of nitrogens with zero attached hydrogens (tertiary/aromatic N) is 3. The van der Waals surface area contributed by atoms with Crippen LogP contribution in [0.25, 0.3) is 10.9 Å². The molecule has 11 heteroatoms. The molecule has 0 radical (unpaired) electrons. The van der Waals surface area contributed by atoms with Gasteiger partial charge in [0.15, 0.2) is 0 Å². The Morgan fingerprint density at radius 3 is 2.55 bits per heavy atom. The van der Waals surface area contributed by atoms with Gasteiger partial charge in [0.2, 0.25) is 0 Å². The van der Waals surface area contributed by atoms with E-state index in [9.17, 15) is 22.5 Å². The lowest BCUT2D eigenvalue weighted by Crippen LogP contribution is -2.34. The first-order valence-electron chi connectivity index (χ1n) is 9.25. The molecule has 0 saturated heterocycles. The number of amides is 1. The number of aryl methyl sites for hydroxylation is 1. The molecule has 1 amide bonds. The van der Waals surface area contributed by atoms with Crippen molar-refractivity contribution in [2.24, 2.45) is 5.73 Å². The van der Waals surface area contributed by atoms with Gasteiger partial charge in [-0.1, -0.05) is 12.1 Å². The first-order chi connectivity index (χ1) is 14.3. The Labute approximate surface area is 176 Å².